The number of amides is 1. The Labute approximate surface area is 130 Å². The molecule has 2 aromatic carbocycles. The molecule has 0 bridgehead atoms. The molecule has 114 valence electrons. The lowest BCUT2D eigenvalue weighted by Crippen LogP contribution is -2.24. The van der Waals surface area contributed by atoms with Crippen molar-refractivity contribution >= 4 is 5.91 Å². The van der Waals surface area contributed by atoms with E-state index in [2.05, 4.69) is 23.5 Å². The molecule has 1 heterocycles. The summed E-state index contributed by atoms with van der Waals surface area (Å²) in [5, 5.41) is 3.38. The number of nitrogens with two attached hydrogens (primary N) is 1. The van der Waals surface area contributed by atoms with Gasteiger partial charge in [0.05, 0.1) is 12.2 Å². The number of ether oxygens (including phenoxy) is 1. The second-order valence-electron chi connectivity index (χ2n) is 5.38. The van der Waals surface area contributed by atoms with Crippen LogP contribution in [0.2, 0.25) is 0 Å². The molecule has 2 aromatic rings. The molecule has 0 fully saturated rings. The van der Waals surface area contributed by atoms with Gasteiger partial charge in [-0.05, 0) is 54.3 Å². The Balaban J connectivity index is 2.09. The third-order valence-corrected chi connectivity index (χ3v) is 4.00. The van der Waals surface area contributed by atoms with E-state index in [1.165, 1.54) is 16.7 Å². The number of carbonyl (C=O) groups excluding carboxylic acids is 1. The fraction of sp³-hybridized carbons (Fsp3) is 0.278. The van der Waals surface area contributed by atoms with Crippen LogP contribution in [0.15, 0.2) is 36.4 Å². The van der Waals surface area contributed by atoms with Crippen LogP contribution in [0.25, 0.3) is 11.1 Å². The van der Waals surface area contributed by atoms with Gasteiger partial charge in [-0.25, -0.2) is 0 Å². The summed E-state index contributed by atoms with van der Waals surface area (Å²) < 4.78 is 5.49. The Bertz CT molecular complexity index is 710. The topological polar surface area (TPSA) is 64.3 Å². The van der Waals surface area contributed by atoms with Crippen LogP contribution in [-0.2, 0) is 13.0 Å². The van der Waals surface area contributed by atoms with Gasteiger partial charge >= 0.3 is 0 Å². The zero-order valence-electron chi connectivity index (χ0n) is 12.7. The van der Waals surface area contributed by atoms with Gasteiger partial charge in [-0.1, -0.05) is 24.3 Å². The van der Waals surface area contributed by atoms with E-state index in [-0.39, 0.29) is 0 Å². The van der Waals surface area contributed by atoms with E-state index in [1.54, 1.807) is 0 Å². The van der Waals surface area contributed by atoms with Gasteiger partial charge in [0, 0.05) is 6.54 Å². The maximum absolute atomic E-state index is 11.7. The minimum atomic E-state index is -0.461. The van der Waals surface area contributed by atoms with E-state index < -0.39 is 5.91 Å². The molecule has 0 aromatic heterocycles. The highest BCUT2D eigenvalue weighted by Gasteiger charge is 2.16. The molecule has 3 rings (SSSR count). The molecule has 0 radical (unpaired) electrons. The number of hydrogen-bond donors (Lipinski definition) is 2. The van der Waals surface area contributed by atoms with Crippen molar-refractivity contribution < 1.29 is 9.53 Å². The van der Waals surface area contributed by atoms with Crippen molar-refractivity contribution in [2.24, 2.45) is 5.73 Å². The molecular formula is C18H20N2O2. The molecule has 4 nitrogen and oxygen atoms in total. The van der Waals surface area contributed by atoms with Crippen LogP contribution in [0, 0.1) is 0 Å². The Morgan fingerprint density at radius 1 is 1.32 bits per heavy atom. The molecule has 1 amide bonds. The third kappa shape index (κ3) is 2.70. The van der Waals surface area contributed by atoms with Gasteiger partial charge in [0.25, 0.3) is 5.91 Å². The van der Waals surface area contributed by atoms with Crippen molar-refractivity contribution in [2.45, 2.75) is 19.9 Å². The fourth-order valence-corrected chi connectivity index (χ4v) is 2.97. The molecule has 22 heavy (non-hydrogen) atoms. The quantitative estimate of drug-likeness (QED) is 0.911. The van der Waals surface area contributed by atoms with Crippen LogP contribution in [0.3, 0.4) is 0 Å². The molecule has 4 heteroatoms. The molecule has 1 aliphatic heterocycles. The summed E-state index contributed by atoms with van der Waals surface area (Å²) in [6, 6.07) is 12.0. The van der Waals surface area contributed by atoms with E-state index >= 15 is 0 Å². The largest absolute Gasteiger partial charge is 0.493 e. The summed E-state index contributed by atoms with van der Waals surface area (Å²) in [6.45, 7) is 4.26. The molecule has 0 atom stereocenters. The normalized spacial score (nSPS) is 13.5. The first-order chi connectivity index (χ1) is 10.7. The Morgan fingerprint density at radius 3 is 2.95 bits per heavy atom. The van der Waals surface area contributed by atoms with E-state index in [0.717, 1.165) is 25.1 Å². The summed E-state index contributed by atoms with van der Waals surface area (Å²) >= 11 is 0. The number of primary amides is 1. The average Bonchev–Trinajstić information content (AvgIpc) is 2.55. The van der Waals surface area contributed by atoms with Crippen LogP contribution in [-0.4, -0.2) is 19.1 Å². The lowest BCUT2D eigenvalue weighted by atomic mass is 9.90. The Morgan fingerprint density at radius 2 is 2.18 bits per heavy atom. The van der Waals surface area contributed by atoms with E-state index in [4.69, 9.17) is 10.5 Å². The Kier molecular flexibility index (Phi) is 4.11. The molecule has 0 saturated heterocycles. The maximum atomic E-state index is 11.7. The SMILES string of the molecule is CCOc1ccc(-c2cccc3c2CCNC3)cc1C(N)=O. The van der Waals surface area contributed by atoms with Crippen molar-refractivity contribution in [1.82, 2.24) is 5.32 Å². The van der Waals surface area contributed by atoms with Crippen molar-refractivity contribution in [3.05, 3.63) is 53.1 Å². The van der Waals surface area contributed by atoms with Gasteiger partial charge in [0.1, 0.15) is 5.75 Å². The second-order valence-corrected chi connectivity index (χ2v) is 5.38. The highest BCUT2D eigenvalue weighted by Crippen LogP contribution is 2.31. The van der Waals surface area contributed by atoms with E-state index in [0.29, 0.717) is 17.9 Å². The molecule has 0 spiro atoms. The molecule has 0 saturated carbocycles. The summed E-state index contributed by atoms with van der Waals surface area (Å²) in [5.74, 6) is 0.0852. The van der Waals surface area contributed by atoms with Crippen LogP contribution in [0.5, 0.6) is 5.75 Å². The monoisotopic (exact) mass is 296 g/mol. The first-order valence-electron chi connectivity index (χ1n) is 7.59. The first kappa shape index (κ1) is 14.6. The van der Waals surface area contributed by atoms with Crippen LogP contribution in [0.1, 0.15) is 28.4 Å². The zero-order chi connectivity index (χ0) is 15.5. The second kappa shape index (κ2) is 6.20. The van der Waals surface area contributed by atoms with Gasteiger partial charge in [0.2, 0.25) is 0 Å². The van der Waals surface area contributed by atoms with E-state index in [1.807, 2.05) is 25.1 Å². The predicted molar refractivity (Wildman–Crippen MR) is 87.0 cm³/mol. The minimum Gasteiger partial charge on any atom is -0.493 e. The maximum Gasteiger partial charge on any atom is 0.252 e. The number of benzene rings is 2. The lowest BCUT2D eigenvalue weighted by molar-refractivity contribution is 0.0996. The van der Waals surface area contributed by atoms with Crippen molar-refractivity contribution in [2.75, 3.05) is 13.2 Å². The highest BCUT2D eigenvalue weighted by molar-refractivity contribution is 5.97. The number of fused-ring (bicyclic) bond motifs is 1. The van der Waals surface area contributed by atoms with Gasteiger partial charge in [-0.2, -0.15) is 0 Å². The molecule has 0 unspecified atom stereocenters. The van der Waals surface area contributed by atoms with Gasteiger partial charge < -0.3 is 15.8 Å². The number of carbonyl (C=O) groups is 1. The summed E-state index contributed by atoms with van der Waals surface area (Å²) in [6.07, 6.45) is 0.991. The van der Waals surface area contributed by atoms with Gasteiger partial charge in [-0.15, -0.1) is 0 Å². The molecule has 1 aliphatic rings. The van der Waals surface area contributed by atoms with Crippen molar-refractivity contribution in [3.63, 3.8) is 0 Å². The van der Waals surface area contributed by atoms with Crippen LogP contribution in [0.4, 0.5) is 0 Å². The van der Waals surface area contributed by atoms with Crippen molar-refractivity contribution in [3.8, 4) is 16.9 Å². The van der Waals surface area contributed by atoms with Gasteiger partial charge in [0.15, 0.2) is 0 Å². The van der Waals surface area contributed by atoms with Crippen LogP contribution >= 0.6 is 0 Å². The summed E-state index contributed by atoms with van der Waals surface area (Å²) in [4.78, 5) is 11.7. The van der Waals surface area contributed by atoms with Gasteiger partial charge in [-0.3, -0.25) is 4.79 Å². The van der Waals surface area contributed by atoms with Crippen LogP contribution < -0.4 is 15.8 Å². The number of hydrogen-bond acceptors (Lipinski definition) is 3. The zero-order valence-corrected chi connectivity index (χ0v) is 12.7. The first-order valence-corrected chi connectivity index (χ1v) is 7.59. The third-order valence-electron chi connectivity index (χ3n) is 4.00. The molecule has 3 N–H and O–H groups in total. The standard InChI is InChI=1S/C18H20N2O2/c1-2-22-17-7-6-12(10-16(17)18(19)21)14-5-3-4-13-11-20-9-8-15(13)14/h3-7,10,20H,2,8-9,11H2,1H3,(H2,19,21). The lowest BCUT2D eigenvalue weighted by Gasteiger charge is -2.21. The molecular weight excluding hydrogens is 276 g/mol. The smallest absolute Gasteiger partial charge is 0.252 e. The summed E-state index contributed by atoms with van der Waals surface area (Å²) in [7, 11) is 0. The predicted octanol–water partition coefficient (Wildman–Crippen LogP) is 2.50. The highest BCUT2D eigenvalue weighted by atomic mass is 16.5. The van der Waals surface area contributed by atoms with E-state index in [9.17, 15) is 4.79 Å². The Hall–Kier alpha value is -2.33. The summed E-state index contributed by atoms with van der Waals surface area (Å²) in [5.41, 5.74) is 10.8. The molecule has 0 aliphatic carbocycles. The average molecular weight is 296 g/mol. The fourth-order valence-electron chi connectivity index (χ4n) is 2.97. The number of rotatable bonds is 4. The minimum absolute atomic E-state index is 0.436. The van der Waals surface area contributed by atoms with Crippen molar-refractivity contribution in [1.29, 1.82) is 0 Å². The number of nitrogens with one attached hydrogen (secondary N) is 1.